The molecule has 0 aromatic carbocycles. The molecule has 10 atom stereocenters. The number of nitrogens with zero attached hydrogens (tertiary/aromatic N) is 3. The first-order chi connectivity index (χ1) is 58.2. The molecule has 0 aliphatic carbocycles. The normalized spacial score (nSPS) is 14.5. The van der Waals surface area contributed by atoms with Crippen LogP contribution in [0.15, 0.2) is 5.11 Å². The molecule has 45 nitrogen and oxygen atoms in total. The SMILES string of the molecule is CC(C)(C)OC(=O)C[C@H]([NH3+])C(=O)N[C@H](CC(=O)OC(C)(C)C)C(=O)N[C@H](CC(=O)OC(C)(C)C)C(=O)N[C@H](CC(=O)OC(C)(C)C)C(=O)N[C@H](CC(=O)OC(C)(C)C)C(=O)N[C@H](CC(=O)OC(C)(C)C)C(=O)N[C@H](CC(=O)OC(C)(C)C)C(=O)N[C@H](CC(=O)OC(C)(C)C)C(=O)N[C@H](CC(=O)OC(C)(C)C)C(=O)N[C@H](CC(=O)OC(C)(C)C)C(=O)NCCOCCN=[N+]=[N-]. The molecule has 13 N–H and O–H groups in total. The summed E-state index contributed by atoms with van der Waals surface area (Å²) in [6.45, 7) is 43.1. The van der Waals surface area contributed by atoms with Crippen molar-refractivity contribution in [3.8, 4) is 0 Å². The quantitative estimate of drug-likeness (QED) is 0.0103. The van der Waals surface area contributed by atoms with E-state index in [-0.39, 0.29) is 26.3 Å². The van der Waals surface area contributed by atoms with Gasteiger partial charge in [0.2, 0.25) is 53.2 Å². The van der Waals surface area contributed by atoms with Gasteiger partial charge < -0.3 is 111 Å². The zero-order valence-electron chi connectivity index (χ0n) is 80.4. The first-order valence-electron chi connectivity index (χ1n) is 41.8. The minimum Gasteiger partial charge on any atom is -0.460 e. The van der Waals surface area contributed by atoms with E-state index in [1.165, 1.54) is 187 Å². The zero-order chi connectivity index (χ0) is 100. The zero-order valence-corrected chi connectivity index (χ0v) is 80.4. The predicted molar refractivity (Wildman–Crippen MR) is 457 cm³/mol. The van der Waals surface area contributed by atoms with Crippen LogP contribution in [-0.2, 0) is 148 Å². The van der Waals surface area contributed by atoms with E-state index in [0.29, 0.717) is 0 Å². The van der Waals surface area contributed by atoms with E-state index in [1.54, 1.807) is 20.8 Å². The van der Waals surface area contributed by atoms with Gasteiger partial charge in [-0.15, -0.1) is 0 Å². The summed E-state index contributed by atoms with van der Waals surface area (Å²) >= 11 is 0. The van der Waals surface area contributed by atoms with Gasteiger partial charge in [0.05, 0.1) is 71.0 Å². The number of carbonyl (C=O) groups is 20. The molecule has 0 spiro atoms. The number of hydrogen-bond donors (Lipinski definition) is 11. The van der Waals surface area contributed by atoms with E-state index < -0.39 is 299 Å². The highest BCUT2D eigenvalue weighted by Gasteiger charge is 2.43. The molecule has 0 radical (unpaired) electrons. The van der Waals surface area contributed by atoms with E-state index in [1.807, 2.05) is 0 Å². The van der Waals surface area contributed by atoms with Gasteiger partial charge in [0.15, 0.2) is 6.04 Å². The molecule has 0 aromatic rings. The van der Waals surface area contributed by atoms with Crippen molar-refractivity contribution in [3.05, 3.63) is 10.4 Å². The van der Waals surface area contributed by atoms with Crippen molar-refractivity contribution in [2.45, 2.75) is 388 Å². The van der Waals surface area contributed by atoms with Crippen molar-refractivity contribution >= 4 is 119 Å². The van der Waals surface area contributed by atoms with Crippen LogP contribution in [0.25, 0.3) is 10.4 Å². The standard InChI is InChI=1S/C84H140N14O31/c1-75(2,3)120-55(99)35-45(85)65(109)89-47(37-57(101)122-77(7,8)9)67(111)91-49(39-59(103)124-79(13,14)15)69(113)93-51(41-61(105)126-81(19,20)21)71(115)95-53(43-63(107)128-83(25,26)27)73(117)97-54(44-64(108)129-84(28,29)30)74(118)96-52(42-62(106)127-82(22,23)24)72(116)94-50(40-60(104)125-80(16,17)18)70(114)92-48(38-58(102)123-78(10,11)12)68(112)90-46(36-56(100)121-76(4,5)6)66(110)87-31-33-119-34-32-88-98-86/h45-54H,31-44,85H2,1-30H3,(H,87,110)(H,89,109)(H,90,112)(H,91,111)(H,92,114)(H,93,113)(H,94,116)(H,95,115)(H,96,118)(H,97,117)/p+1/t45-,46+,47+,48+,49+,50+,51+,52+,53+,54+/m0/s1. The summed E-state index contributed by atoms with van der Waals surface area (Å²) in [6.07, 6.45) is -10.7. The van der Waals surface area contributed by atoms with Crippen LogP contribution in [0.5, 0.6) is 0 Å². The Morgan fingerprint density at radius 1 is 0.240 bits per heavy atom. The highest BCUT2D eigenvalue weighted by Crippen LogP contribution is 2.21. The molecule has 0 heterocycles. The lowest BCUT2D eigenvalue weighted by Crippen LogP contribution is -2.70. The molecular weight excluding hydrogens is 1700 g/mol. The molecule has 129 heavy (non-hydrogen) atoms. The lowest BCUT2D eigenvalue weighted by atomic mass is 10.1. The topological polar surface area (TPSA) is 640 Å². The number of nitrogens with one attached hydrogen (secondary N) is 10. The van der Waals surface area contributed by atoms with Crippen molar-refractivity contribution < 1.29 is 154 Å². The number of ether oxygens (including phenoxy) is 11. The molecule has 0 aliphatic rings. The summed E-state index contributed by atoms with van der Waals surface area (Å²) in [7, 11) is 0. The fraction of sp³-hybridized carbons (Fsp3) is 0.762. The van der Waals surface area contributed by atoms with Crippen LogP contribution in [0.4, 0.5) is 0 Å². The fourth-order valence-electron chi connectivity index (χ4n) is 10.6. The molecule has 0 aliphatic heterocycles. The third kappa shape index (κ3) is 57.2. The van der Waals surface area contributed by atoms with Gasteiger partial charge in [-0.25, -0.2) is 0 Å². The Labute approximate surface area is 752 Å². The maximum absolute atomic E-state index is 15.3. The molecule has 0 rings (SSSR count). The highest BCUT2D eigenvalue weighted by atomic mass is 16.6. The van der Waals surface area contributed by atoms with Crippen molar-refractivity contribution in [2.75, 3.05) is 26.3 Å². The molecule has 45 heteroatoms. The van der Waals surface area contributed by atoms with Gasteiger partial charge in [-0.2, -0.15) is 0 Å². The van der Waals surface area contributed by atoms with E-state index in [9.17, 15) is 71.9 Å². The number of esters is 10. The van der Waals surface area contributed by atoms with Gasteiger partial charge >= 0.3 is 59.7 Å². The van der Waals surface area contributed by atoms with Gasteiger partial charge in [-0.3, -0.25) is 95.9 Å². The molecular formula is C84H141N14O31+. The van der Waals surface area contributed by atoms with Crippen LogP contribution in [0.2, 0.25) is 0 Å². The second kappa shape index (κ2) is 50.6. The van der Waals surface area contributed by atoms with E-state index in [4.69, 9.17) is 57.6 Å². The van der Waals surface area contributed by atoms with Gasteiger partial charge in [0.1, 0.15) is 117 Å². The molecule has 0 aromatic heterocycles. The number of rotatable bonds is 45. The number of amides is 10. The van der Waals surface area contributed by atoms with Crippen LogP contribution >= 0.6 is 0 Å². The van der Waals surface area contributed by atoms with Gasteiger partial charge in [-0.05, 0) is 213 Å². The summed E-state index contributed by atoms with van der Waals surface area (Å²) in [4.78, 5) is 287. The van der Waals surface area contributed by atoms with E-state index in [0.717, 1.165) is 0 Å². The maximum Gasteiger partial charge on any atom is 0.312 e. The van der Waals surface area contributed by atoms with Crippen LogP contribution in [-0.4, -0.2) is 261 Å². The Morgan fingerprint density at radius 3 is 0.543 bits per heavy atom. The molecule has 10 amide bonds. The lowest BCUT2D eigenvalue weighted by molar-refractivity contribution is -0.403. The third-order valence-electron chi connectivity index (χ3n) is 15.0. The molecule has 0 bridgehead atoms. The van der Waals surface area contributed by atoms with Crippen LogP contribution < -0.4 is 58.9 Å². The number of carbonyl (C=O) groups excluding carboxylic acids is 20. The summed E-state index contributed by atoms with van der Waals surface area (Å²) in [5, 5.41) is 26.1. The monoisotopic (exact) mass is 1840 g/mol. The molecule has 0 fully saturated rings. The second-order valence-electron chi connectivity index (χ2n) is 40.0. The summed E-state index contributed by atoms with van der Waals surface area (Å²) in [6, 6.07) is -21.3. The Kier molecular flexibility index (Phi) is 46.1. The summed E-state index contributed by atoms with van der Waals surface area (Å²) in [5.41, 5.74) is -0.282. The maximum atomic E-state index is 15.3. The van der Waals surface area contributed by atoms with Crippen LogP contribution in [0.1, 0.15) is 272 Å². The Hall–Kier alpha value is -11.4. The van der Waals surface area contributed by atoms with Crippen LogP contribution in [0, 0.1) is 0 Å². The van der Waals surface area contributed by atoms with Crippen molar-refractivity contribution in [2.24, 2.45) is 5.11 Å². The fourth-order valence-corrected chi connectivity index (χ4v) is 10.6. The minimum absolute atomic E-state index is 0.0588. The predicted octanol–water partition coefficient (Wildman–Crippen LogP) is 1.72. The van der Waals surface area contributed by atoms with Gasteiger partial charge in [0.25, 0.3) is 5.91 Å². The first-order valence-corrected chi connectivity index (χ1v) is 41.8. The molecule has 0 saturated carbocycles. The Morgan fingerprint density at radius 2 is 0.388 bits per heavy atom. The lowest BCUT2D eigenvalue weighted by Gasteiger charge is -2.29. The summed E-state index contributed by atoms with van der Waals surface area (Å²) < 4.78 is 60.1. The van der Waals surface area contributed by atoms with E-state index >= 15 is 24.0 Å². The molecule has 0 saturated heterocycles. The van der Waals surface area contributed by atoms with Crippen molar-refractivity contribution in [1.82, 2.24) is 53.2 Å². The van der Waals surface area contributed by atoms with Gasteiger partial charge in [-0.1, -0.05) is 5.11 Å². The average molecular weight is 1840 g/mol. The Bertz CT molecular complexity index is 4010. The molecule has 0 unspecified atom stereocenters. The number of hydrogen-bond acceptors (Lipinski definition) is 32. The van der Waals surface area contributed by atoms with Crippen molar-refractivity contribution in [3.63, 3.8) is 0 Å². The largest absolute Gasteiger partial charge is 0.460 e. The second-order valence-corrected chi connectivity index (χ2v) is 40.0. The minimum atomic E-state index is -2.36. The van der Waals surface area contributed by atoms with E-state index in [2.05, 4.69) is 68.9 Å². The van der Waals surface area contributed by atoms with Gasteiger partial charge in [0, 0.05) is 18.0 Å². The third-order valence-corrected chi connectivity index (χ3v) is 15.0. The smallest absolute Gasteiger partial charge is 0.312 e. The summed E-state index contributed by atoms with van der Waals surface area (Å²) in [5.74, 6) is -25.8. The Balaban J connectivity index is 8.84. The van der Waals surface area contributed by atoms with Crippen molar-refractivity contribution in [1.29, 1.82) is 0 Å². The van der Waals surface area contributed by atoms with Crippen LogP contribution in [0.3, 0.4) is 0 Å². The number of azide groups is 1. The first kappa shape index (κ1) is 118. The number of quaternary nitrogens is 1. The average Bonchev–Trinajstić information content (AvgIpc) is 0.841. The highest BCUT2D eigenvalue weighted by molar-refractivity contribution is 6.03. The molecule has 732 valence electrons.